The third-order valence-electron chi connectivity index (χ3n) is 4.81. The average molecular weight is 370 g/mol. The van der Waals surface area contributed by atoms with Gasteiger partial charge in [-0.3, -0.25) is 4.72 Å². The van der Waals surface area contributed by atoms with Gasteiger partial charge in [0.05, 0.1) is 17.2 Å². The van der Waals surface area contributed by atoms with Crippen LogP contribution in [0.15, 0.2) is 47.4 Å². The summed E-state index contributed by atoms with van der Waals surface area (Å²) in [6, 6.07) is 12.4. The lowest BCUT2D eigenvalue weighted by atomic mass is 9.96. The van der Waals surface area contributed by atoms with Crippen molar-refractivity contribution in [2.45, 2.75) is 37.5 Å². The normalized spacial score (nSPS) is 14.2. The number of aromatic nitrogens is 1. The van der Waals surface area contributed by atoms with E-state index in [2.05, 4.69) is 9.71 Å². The Morgan fingerprint density at radius 1 is 1.12 bits per heavy atom. The van der Waals surface area contributed by atoms with Gasteiger partial charge in [-0.15, -0.1) is 0 Å². The van der Waals surface area contributed by atoms with E-state index in [0.29, 0.717) is 18.0 Å². The topological polar surface area (TPSA) is 71.2 Å². The summed E-state index contributed by atoms with van der Waals surface area (Å²) in [5, 5.41) is 1.01. The van der Waals surface area contributed by atoms with Crippen molar-refractivity contribution in [2.75, 3.05) is 11.3 Å². The molecule has 1 aliphatic carbocycles. The molecule has 0 saturated carbocycles. The first-order valence-electron chi connectivity index (χ1n) is 8.96. The van der Waals surface area contributed by atoms with Crippen LogP contribution in [-0.2, 0) is 22.9 Å². The van der Waals surface area contributed by atoms with E-state index in [1.54, 1.807) is 30.3 Å². The number of fused-ring (bicyclic) bond motifs is 3. The lowest BCUT2D eigenvalue weighted by Gasteiger charge is -2.13. The molecular formula is C20H22N2O3S. The molecule has 0 spiro atoms. The Morgan fingerprint density at radius 2 is 1.92 bits per heavy atom. The molecule has 4 rings (SSSR count). The van der Waals surface area contributed by atoms with Crippen LogP contribution >= 0.6 is 0 Å². The molecule has 3 aromatic rings. The van der Waals surface area contributed by atoms with Gasteiger partial charge >= 0.3 is 0 Å². The van der Waals surface area contributed by atoms with E-state index < -0.39 is 10.0 Å². The number of sulfonamides is 1. The maximum absolute atomic E-state index is 12.9. The highest BCUT2D eigenvalue weighted by atomic mass is 32.2. The van der Waals surface area contributed by atoms with Gasteiger partial charge < -0.3 is 9.72 Å². The summed E-state index contributed by atoms with van der Waals surface area (Å²) in [6.07, 6.45) is 4.36. The summed E-state index contributed by atoms with van der Waals surface area (Å²) in [7, 11) is -3.69. The van der Waals surface area contributed by atoms with E-state index in [9.17, 15) is 8.42 Å². The standard InChI is InChI=1S/C20H22N2O3S/c1-2-25-20-10-6-5-9-19(20)22-26(23,24)14-11-12-18-16(13-14)15-7-3-4-8-17(15)21-18/h5-6,9-13,21-22H,2-4,7-8H2,1H3. The van der Waals surface area contributed by atoms with Gasteiger partial charge in [-0.2, -0.15) is 0 Å². The number of H-pyrrole nitrogens is 1. The lowest BCUT2D eigenvalue weighted by molar-refractivity contribution is 0.342. The number of benzene rings is 2. The number of nitrogens with one attached hydrogen (secondary N) is 2. The molecule has 136 valence electrons. The Bertz CT molecular complexity index is 1050. The summed E-state index contributed by atoms with van der Waals surface area (Å²) in [6.45, 7) is 2.34. The van der Waals surface area contributed by atoms with E-state index in [4.69, 9.17) is 4.74 Å². The van der Waals surface area contributed by atoms with Crippen molar-refractivity contribution < 1.29 is 13.2 Å². The first-order valence-corrected chi connectivity index (χ1v) is 10.4. The van der Waals surface area contributed by atoms with Crippen molar-refractivity contribution in [1.82, 2.24) is 4.98 Å². The molecule has 5 nitrogen and oxygen atoms in total. The van der Waals surface area contributed by atoms with E-state index in [1.807, 2.05) is 19.1 Å². The zero-order valence-electron chi connectivity index (χ0n) is 14.7. The van der Waals surface area contributed by atoms with Gasteiger partial charge in [0.1, 0.15) is 5.75 Å². The Balaban J connectivity index is 1.72. The second-order valence-electron chi connectivity index (χ2n) is 6.53. The predicted molar refractivity (Wildman–Crippen MR) is 103 cm³/mol. The number of ether oxygens (including phenoxy) is 1. The van der Waals surface area contributed by atoms with Crippen LogP contribution in [0, 0.1) is 0 Å². The second-order valence-corrected chi connectivity index (χ2v) is 8.21. The fraction of sp³-hybridized carbons (Fsp3) is 0.300. The molecule has 2 N–H and O–H groups in total. The van der Waals surface area contributed by atoms with Crippen LogP contribution < -0.4 is 9.46 Å². The highest BCUT2D eigenvalue weighted by Gasteiger charge is 2.20. The molecule has 26 heavy (non-hydrogen) atoms. The summed E-state index contributed by atoms with van der Waals surface area (Å²) < 4.78 is 34.0. The molecule has 0 atom stereocenters. The maximum Gasteiger partial charge on any atom is 0.262 e. The van der Waals surface area contributed by atoms with Crippen LogP contribution in [0.3, 0.4) is 0 Å². The molecule has 0 unspecified atom stereocenters. The van der Waals surface area contributed by atoms with Gasteiger partial charge in [-0.1, -0.05) is 12.1 Å². The van der Waals surface area contributed by atoms with E-state index in [1.165, 1.54) is 17.7 Å². The number of para-hydroxylation sites is 2. The first kappa shape index (κ1) is 17.0. The molecule has 1 aliphatic rings. The molecule has 0 radical (unpaired) electrons. The zero-order valence-corrected chi connectivity index (χ0v) is 15.5. The Kier molecular flexibility index (Phi) is 4.36. The zero-order chi connectivity index (χ0) is 18.1. The molecule has 0 aliphatic heterocycles. The molecule has 1 aromatic heterocycles. The smallest absolute Gasteiger partial charge is 0.262 e. The van der Waals surface area contributed by atoms with Crippen LogP contribution in [0.5, 0.6) is 5.75 Å². The van der Waals surface area contributed by atoms with Crippen LogP contribution in [-0.4, -0.2) is 20.0 Å². The molecule has 0 amide bonds. The second kappa shape index (κ2) is 6.68. The van der Waals surface area contributed by atoms with Crippen LogP contribution in [0.2, 0.25) is 0 Å². The van der Waals surface area contributed by atoms with Crippen molar-refractivity contribution in [3.63, 3.8) is 0 Å². The van der Waals surface area contributed by atoms with E-state index in [-0.39, 0.29) is 4.90 Å². The van der Waals surface area contributed by atoms with Crippen molar-refractivity contribution in [1.29, 1.82) is 0 Å². The highest BCUT2D eigenvalue weighted by molar-refractivity contribution is 7.92. The number of aryl methyl sites for hydroxylation is 2. The maximum atomic E-state index is 12.9. The van der Waals surface area contributed by atoms with Crippen molar-refractivity contribution in [3.05, 3.63) is 53.7 Å². The fourth-order valence-electron chi connectivity index (χ4n) is 3.59. The van der Waals surface area contributed by atoms with E-state index >= 15 is 0 Å². The molecule has 0 fully saturated rings. The molecule has 0 bridgehead atoms. The number of aromatic amines is 1. The highest BCUT2D eigenvalue weighted by Crippen LogP contribution is 2.32. The fourth-order valence-corrected chi connectivity index (χ4v) is 4.68. The molecule has 6 heteroatoms. The van der Waals surface area contributed by atoms with Crippen molar-refractivity contribution in [3.8, 4) is 5.75 Å². The number of hydrogen-bond acceptors (Lipinski definition) is 3. The van der Waals surface area contributed by atoms with Crippen LogP contribution in [0.25, 0.3) is 10.9 Å². The quantitative estimate of drug-likeness (QED) is 0.705. The summed E-state index contributed by atoms with van der Waals surface area (Å²) in [4.78, 5) is 3.70. The summed E-state index contributed by atoms with van der Waals surface area (Å²) in [5.74, 6) is 0.527. The average Bonchev–Trinajstić information content (AvgIpc) is 3.01. The number of rotatable bonds is 5. The van der Waals surface area contributed by atoms with Gasteiger partial charge in [0.25, 0.3) is 10.0 Å². The predicted octanol–water partition coefficient (Wildman–Crippen LogP) is 4.25. The number of anilines is 1. The van der Waals surface area contributed by atoms with E-state index in [0.717, 1.165) is 30.2 Å². The largest absolute Gasteiger partial charge is 0.492 e. The molecule has 1 heterocycles. The minimum atomic E-state index is -3.69. The Morgan fingerprint density at radius 3 is 2.77 bits per heavy atom. The van der Waals surface area contributed by atoms with Gasteiger partial charge in [0.15, 0.2) is 0 Å². The summed E-state index contributed by atoms with van der Waals surface area (Å²) >= 11 is 0. The van der Waals surface area contributed by atoms with Gasteiger partial charge in [0.2, 0.25) is 0 Å². The minimum Gasteiger partial charge on any atom is -0.492 e. The SMILES string of the molecule is CCOc1ccccc1NS(=O)(=O)c1ccc2[nH]c3c(c2c1)CCCC3. The Labute approximate surface area is 153 Å². The lowest BCUT2D eigenvalue weighted by Crippen LogP contribution is -2.14. The van der Waals surface area contributed by atoms with Gasteiger partial charge in [0, 0.05) is 16.6 Å². The molecule has 0 saturated heterocycles. The van der Waals surface area contributed by atoms with Crippen molar-refractivity contribution >= 4 is 26.6 Å². The monoisotopic (exact) mass is 370 g/mol. The first-order chi connectivity index (χ1) is 12.6. The molecular weight excluding hydrogens is 348 g/mol. The molecule has 2 aromatic carbocycles. The minimum absolute atomic E-state index is 0.267. The summed E-state index contributed by atoms with van der Waals surface area (Å²) in [5.41, 5.74) is 3.96. The third-order valence-corrected chi connectivity index (χ3v) is 6.17. The van der Waals surface area contributed by atoms with Gasteiger partial charge in [-0.05, 0) is 68.5 Å². The Hall–Kier alpha value is -2.47. The van der Waals surface area contributed by atoms with Crippen LogP contribution in [0.4, 0.5) is 5.69 Å². The third kappa shape index (κ3) is 3.05. The van der Waals surface area contributed by atoms with Crippen molar-refractivity contribution in [2.24, 2.45) is 0 Å². The number of hydrogen-bond donors (Lipinski definition) is 2. The van der Waals surface area contributed by atoms with Gasteiger partial charge in [-0.25, -0.2) is 8.42 Å². The van der Waals surface area contributed by atoms with Crippen LogP contribution in [0.1, 0.15) is 31.0 Å².